The zero-order valence-corrected chi connectivity index (χ0v) is 15.4. The van der Waals surface area contributed by atoms with E-state index in [0.717, 1.165) is 19.5 Å². The van der Waals surface area contributed by atoms with Crippen molar-refractivity contribution in [3.8, 4) is 0 Å². The van der Waals surface area contributed by atoms with Crippen molar-refractivity contribution in [3.05, 3.63) is 70.8 Å². The first kappa shape index (κ1) is 17.7. The molecule has 0 radical (unpaired) electrons. The Bertz CT molecular complexity index is 721. The van der Waals surface area contributed by atoms with Crippen LogP contribution in [0.5, 0.6) is 0 Å². The van der Waals surface area contributed by atoms with E-state index in [0.29, 0.717) is 12.5 Å². The van der Waals surface area contributed by atoms with Crippen molar-refractivity contribution in [2.24, 2.45) is 0 Å². The molecule has 25 heavy (non-hydrogen) atoms. The molecule has 0 fully saturated rings. The molecule has 1 heterocycles. The Morgan fingerprint density at radius 2 is 1.80 bits per heavy atom. The van der Waals surface area contributed by atoms with Gasteiger partial charge in [0.05, 0.1) is 6.61 Å². The molecule has 3 rings (SSSR count). The van der Waals surface area contributed by atoms with Gasteiger partial charge in [-0.2, -0.15) is 0 Å². The summed E-state index contributed by atoms with van der Waals surface area (Å²) in [6.45, 7) is 8.44. The van der Waals surface area contributed by atoms with Crippen LogP contribution in [0.3, 0.4) is 0 Å². The summed E-state index contributed by atoms with van der Waals surface area (Å²) in [7, 11) is 0. The van der Waals surface area contributed by atoms with Crippen LogP contribution < -0.4 is 4.90 Å². The molecule has 0 amide bonds. The van der Waals surface area contributed by atoms with E-state index in [9.17, 15) is 4.79 Å². The molecule has 0 aliphatic carbocycles. The SMILES string of the molecule is CCOC(=O)[C@@H]1Cc2ccccc2C[NH+]1Cc1ccc(C(C)C)cc1. The third-order valence-corrected chi connectivity index (χ3v) is 5.10. The Labute approximate surface area is 150 Å². The van der Waals surface area contributed by atoms with Crippen molar-refractivity contribution < 1.29 is 14.4 Å². The number of carbonyl (C=O) groups is 1. The minimum Gasteiger partial charge on any atom is -0.462 e. The molecule has 1 aliphatic heterocycles. The summed E-state index contributed by atoms with van der Waals surface area (Å²) in [5.74, 6) is 0.460. The lowest BCUT2D eigenvalue weighted by Gasteiger charge is -2.32. The number of quaternary nitrogens is 1. The summed E-state index contributed by atoms with van der Waals surface area (Å²) < 4.78 is 5.36. The molecule has 1 aliphatic rings. The molecule has 3 nitrogen and oxygen atoms in total. The van der Waals surface area contributed by atoms with E-state index in [2.05, 4.69) is 62.4 Å². The zero-order valence-electron chi connectivity index (χ0n) is 15.4. The highest BCUT2D eigenvalue weighted by Gasteiger charge is 2.36. The summed E-state index contributed by atoms with van der Waals surface area (Å²) >= 11 is 0. The Hall–Kier alpha value is -2.13. The van der Waals surface area contributed by atoms with Crippen LogP contribution in [0.4, 0.5) is 0 Å². The molecule has 2 aromatic rings. The van der Waals surface area contributed by atoms with Crippen LogP contribution >= 0.6 is 0 Å². The van der Waals surface area contributed by atoms with Crippen LogP contribution in [0.15, 0.2) is 48.5 Å². The minimum atomic E-state index is -0.125. The van der Waals surface area contributed by atoms with Crippen molar-refractivity contribution >= 4 is 5.97 Å². The predicted octanol–water partition coefficient (Wildman–Crippen LogP) is 2.88. The van der Waals surface area contributed by atoms with Gasteiger partial charge in [-0.15, -0.1) is 0 Å². The molecular weight excluding hydrogens is 310 g/mol. The van der Waals surface area contributed by atoms with Crippen molar-refractivity contribution in [2.75, 3.05) is 6.61 Å². The average Bonchev–Trinajstić information content (AvgIpc) is 2.61. The van der Waals surface area contributed by atoms with Crippen LogP contribution in [-0.4, -0.2) is 18.6 Å². The fraction of sp³-hybridized carbons (Fsp3) is 0.409. The second kappa shape index (κ2) is 7.83. The van der Waals surface area contributed by atoms with Gasteiger partial charge < -0.3 is 9.64 Å². The maximum Gasteiger partial charge on any atom is 0.365 e. The van der Waals surface area contributed by atoms with E-state index in [1.54, 1.807) is 0 Å². The van der Waals surface area contributed by atoms with E-state index < -0.39 is 0 Å². The molecular formula is C22H28NO2+. The third kappa shape index (κ3) is 4.10. The molecule has 0 bridgehead atoms. The molecule has 0 spiro atoms. The molecule has 3 heteroatoms. The van der Waals surface area contributed by atoms with Crippen LogP contribution in [0.2, 0.25) is 0 Å². The normalized spacial score (nSPS) is 19.5. The van der Waals surface area contributed by atoms with Gasteiger partial charge >= 0.3 is 5.97 Å². The van der Waals surface area contributed by atoms with Crippen molar-refractivity contribution in [1.82, 2.24) is 0 Å². The highest BCUT2D eigenvalue weighted by atomic mass is 16.5. The summed E-state index contributed by atoms with van der Waals surface area (Å²) in [6.07, 6.45) is 0.758. The maximum absolute atomic E-state index is 12.5. The van der Waals surface area contributed by atoms with Crippen molar-refractivity contribution in [1.29, 1.82) is 0 Å². The standard InChI is InChI=1S/C22H27NO2/c1-4-25-22(24)21-13-19-7-5-6-8-20(19)15-23(21)14-17-9-11-18(12-10-17)16(2)3/h5-12,16,21H,4,13-15H2,1-3H3/p+1/t21-/m0/s1. The monoisotopic (exact) mass is 338 g/mol. The largest absolute Gasteiger partial charge is 0.462 e. The first-order valence-electron chi connectivity index (χ1n) is 9.25. The number of hydrogen-bond donors (Lipinski definition) is 1. The Morgan fingerprint density at radius 1 is 1.12 bits per heavy atom. The lowest BCUT2D eigenvalue weighted by atomic mass is 9.93. The van der Waals surface area contributed by atoms with Gasteiger partial charge in [0.1, 0.15) is 13.1 Å². The van der Waals surface area contributed by atoms with Gasteiger partial charge in [0.2, 0.25) is 0 Å². The highest BCUT2D eigenvalue weighted by molar-refractivity contribution is 5.75. The van der Waals surface area contributed by atoms with Gasteiger partial charge in [0, 0.05) is 17.5 Å². The van der Waals surface area contributed by atoms with Gasteiger partial charge in [-0.3, -0.25) is 0 Å². The highest BCUT2D eigenvalue weighted by Crippen LogP contribution is 2.17. The predicted molar refractivity (Wildman–Crippen MR) is 99.5 cm³/mol. The first-order chi connectivity index (χ1) is 12.1. The van der Waals surface area contributed by atoms with Crippen LogP contribution in [0.25, 0.3) is 0 Å². The lowest BCUT2D eigenvalue weighted by Crippen LogP contribution is -3.15. The fourth-order valence-electron chi connectivity index (χ4n) is 3.62. The Morgan fingerprint density at radius 3 is 2.44 bits per heavy atom. The van der Waals surface area contributed by atoms with E-state index in [1.807, 2.05) is 6.92 Å². The molecule has 2 atom stereocenters. The third-order valence-electron chi connectivity index (χ3n) is 5.10. The quantitative estimate of drug-likeness (QED) is 0.850. The Balaban J connectivity index is 1.82. The van der Waals surface area contributed by atoms with E-state index in [4.69, 9.17) is 4.74 Å². The number of carbonyl (C=O) groups excluding carboxylic acids is 1. The van der Waals surface area contributed by atoms with Crippen molar-refractivity contribution in [3.63, 3.8) is 0 Å². The van der Waals surface area contributed by atoms with Gasteiger partial charge in [0.15, 0.2) is 6.04 Å². The van der Waals surface area contributed by atoms with Gasteiger partial charge in [0.25, 0.3) is 0 Å². The summed E-state index contributed by atoms with van der Waals surface area (Å²) in [4.78, 5) is 13.8. The molecule has 2 aromatic carbocycles. The number of hydrogen-bond acceptors (Lipinski definition) is 2. The molecule has 0 saturated heterocycles. The number of rotatable bonds is 5. The number of benzene rings is 2. The number of nitrogens with one attached hydrogen (secondary N) is 1. The number of esters is 1. The second-order valence-electron chi connectivity index (χ2n) is 7.19. The second-order valence-corrected chi connectivity index (χ2v) is 7.19. The van der Waals surface area contributed by atoms with E-state index in [-0.39, 0.29) is 12.0 Å². The molecule has 1 N–H and O–H groups in total. The number of fused-ring (bicyclic) bond motifs is 1. The maximum atomic E-state index is 12.5. The molecule has 1 unspecified atom stereocenters. The molecule has 0 aromatic heterocycles. The minimum absolute atomic E-state index is 0.0780. The average molecular weight is 338 g/mol. The summed E-state index contributed by atoms with van der Waals surface area (Å²) in [5, 5.41) is 0. The fourth-order valence-corrected chi connectivity index (χ4v) is 3.62. The van der Waals surface area contributed by atoms with Gasteiger partial charge in [-0.25, -0.2) is 4.79 Å². The van der Waals surface area contributed by atoms with Crippen LogP contribution in [0.1, 0.15) is 48.9 Å². The summed E-state index contributed by atoms with van der Waals surface area (Å²) in [6, 6.07) is 17.1. The summed E-state index contributed by atoms with van der Waals surface area (Å²) in [5.41, 5.74) is 5.24. The smallest absolute Gasteiger partial charge is 0.365 e. The molecule has 132 valence electrons. The van der Waals surface area contributed by atoms with E-state index >= 15 is 0 Å². The lowest BCUT2D eigenvalue weighted by molar-refractivity contribution is -0.945. The van der Waals surface area contributed by atoms with Crippen LogP contribution in [-0.2, 0) is 29.0 Å². The van der Waals surface area contributed by atoms with E-state index in [1.165, 1.54) is 27.2 Å². The van der Waals surface area contributed by atoms with Crippen LogP contribution in [0, 0.1) is 0 Å². The Kier molecular flexibility index (Phi) is 5.54. The zero-order chi connectivity index (χ0) is 17.8. The van der Waals surface area contributed by atoms with Gasteiger partial charge in [-0.05, 0) is 24.0 Å². The molecule has 0 saturated carbocycles. The van der Waals surface area contributed by atoms with Gasteiger partial charge in [-0.1, -0.05) is 62.4 Å². The number of ether oxygens (including phenoxy) is 1. The first-order valence-corrected chi connectivity index (χ1v) is 9.25. The topological polar surface area (TPSA) is 30.7 Å². The van der Waals surface area contributed by atoms with Crippen molar-refractivity contribution in [2.45, 2.75) is 52.2 Å².